The predicted octanol–water partition coefficient (Wildman–Crippen LogP) is 2.19. The van der Waals surface area contributed by atoms with Crippen LogP contribution >= 0.6 is 0 Å². The molecule has 24 heavy (non-hydrogen) atoms. The number of nitriles is 1. The maximum atomic E-state index is 12.4. The summed E-state index contributed by atoms with van der Waals surface area (Å²) in [5.41, 5.74) is 2.29. The van der Waals surface area contributed by atoms with E-state index < -0.39 is 0 Å². The van der Waals surface area contributed by atoms with Crippen molar-refractivity contribution >= 4 is 11.7 Å². The Hall–Kier alpha value is -2.16. The standard InChI is InChI=1S/C18H25N5O/c1-13-14(2)20-21-18(16(13)12-19)23-9-7-22(8-10-23)17(24)11-15-5-3-4-6-15/h15H,3-11H2,1-2H3. The monoisotopic (exact) mass is 327 g/mol. The van der Waals surface area contributed by atoms with E-state index in [9.17, 15) is 10.1 Å². The number of carbonyl (C=O) groups excluding carboxylic acids is 1. The number of anilines is 1. The molecular formula is C18H25N5O. The van der Waals surface area contributed by atoms with Gasteiger partial charge >= 0.3 is 0 Å². The van der Waals surface area contributed by atoms with E-state index in [1.165, 1.54) is 25.7 Å². The summed E-state index contributed by atoms with van der Waals surface area (Å²) in [7, 11) is 0. The third-order valence-electron chi connectivity index (χ3n) is 5.42. The minimum absolute atomic E-state index is 0.285. The number of amides is 1. The van der Waals surface area contributed by atoms with Crippen LogP contribution in [-0.4, -0.2) is 47.2 Å². The molecule has 128 valence electrons. The molecule has 1 aromatic rings. The van der Waals surface area contributed by atoms with Gasteiger partial charge < -0.3 is 9.80 Å². The molecule has 0 atom stereocenters. The van der Waals surface area contributed by atoms with Gasteiger partial charge in [-0.1, -0.05) is 12.8 Å². The molecule has 6 nitrogen and oxygen atoms in total. The fourth-order valence-corrected chi connectivity index (χ4v) is 3.71. The van der Waals surface area contributed by atoms with Gasteiger partial charge in [0.2, 0.25) is 5.91 Å². The van der Waals surface area contributed by atoms with Crippen LogP contribution in [0.25, 0.3) is 0 Å². The lowest BCUT2D eigenvalue weighted by molar-refractivity contribution is -0.132. The summed E-state index contributed by atoms with van der Waals surface area (Å²) in [6, 6.07) is 2.26. The summed E-state index contributed by atoms with van der Waals surface area (Å²) in [5, 5.41) is 17.8. The predicted molar refractivity (Wildman–Crippen MR) is 91.6 cm³/mol. The molecule has 1 aliphatic carbocycles. The van der Waals surface area contributed by atoms with Crippen LogP contribution < -0.4 is 4.90 Å². The van der Waals surface area contributed by atoms with Crippen LogP contribution in [0.5, 0.6) is 0 Å². The Labute approximate surface area is 143 Å². The molecule has 6 heteroatoms. The first kappa shape index (κ1) is 16.7. The van der Waals surface area contributed by atoms with E-state index >= 15 is 0 Å². The highest BCUT2D eigenvalue weighted by molar-refractivity contribution is 5.77. The van der Waals surface area contributed by atoms with Crippen LogP contribution in [0.2, 0.25) is 0 Å². The van der Waals surface area contributed by atoms with Gasteiger partial charge in [0.05, 0.1) is 5.69 Å². The maximum Gasteiger partial charge on any atom is 0.222 e. The van der Waals surface area contributed by atoms with Crippen molar-refractivity contribution in [2.45, 2.75) is 46.0 Å². The largest absolute Gasteiger partial charge is 0.350 e. The first-order chi connectivity index (χ1) is 11.6. The third kappa shape index (κ3) is 3.35. The summed E-state index contributed by atoms with van der Waals surface area (Å²) in [5.74, 6) is 1.53. The lowest BCUT2D eigenvalue weighted by atomic mass is 10.0. The van der Waals surface area contributed by atoms with Gasteiger partial charge in [0.1, 0.15) is 11.6 Å². The number of piperazine rings is 1. The highest BCUT2D eigenvalue weighted by Gasteiger charge is 2.27. The Morgan fingerprint density at radius 2 is 1.83 bits per heavy atom. The van der Waals surface area contributed by atoms with E-state index in [4.69, 9.17) is 0 Å². The highest BCUT2D eigenvalue weighted by Crippen LogP contribution is 2.28. The molecule has 1 saturated heterocycles. The lowest BCUT2D eigenvalue weighted by Gasteiger charge is -2.36. The number of aromatic nitrogens is 2. The van der Waals surface area contributed by atoms with Gasteiger partial charge in [0, 0.05) is 32.6 Å². The minimum atomic E-state index is 0.285. The molecule has 0 radical (unpaired) electrons. The number of rotatable bonds is 3. The number of aryl methyl sites for hydroxylation is 1. The summed E-state index contributed by atoms with van der Waals surface area (Å²) in [6.07, 6.45) is 5.65. The van der Waals surface area contributed by atoms with Crippen molar-refractivity contribution in [2.24, 2.45) is 5.92 Å². The van der Waals surface area contributed by atoms with E-state index in [-0.39, 0.29) is 5.91 Å². The van der Waals surface area contributed by atoms with Crippen LogP contribution in [0.3, 0.4) is 0 Å². The average Bonchev–Trinajstić information content (AvgIpc) is 3.10. The molecule has 1 aromatic heterocycles. The third-order valence-corrected chi connectivity index (χ3v) is 5.42. The van der Waals surface area contributed by atoms with Crippen molar-refractivity contribution < 1.29 is 4.79 Å². The topological polar surface area (TPSA) is 73.1 Å². The molecule has 2 aliphatic rings. The molecule has 2 fully saturated rings. The lowest BCUT2D eigenvalue weighted by Crippen LogP contribution is -2.49. The molecule has 0 aromatic carbocycles. The molecule has 0 bridgehead atoms. The molecule has 2 heterocycles. The molecule has 1 saturated carbocycles. The number of hydrogen-bond donors (Lipinski definition) is 0. The van der Waals surface area contributed by atoms with Gasteiger partial charge in [-0.05, 0) is 38.2 Å². The van der Waals surface area contributed by atoms with Gasteiger partial charge in [0.15, 0.2) is 5.82 Å². The van der Waals surface area contributed by atoms with E-state index in [1.54, 1.807) is 0 Å². The summed E-state index contributed by atoms with van der Waals surface area (Å²) in [4.78, 5) is 16.5. The zero-order chi connectivity index (χ0) is 17.1. The van der Waals surface area contributed by atoms with Crippen molar-refractivity contribution in [1.82, 2.24) is 15.1 Å². The van der Waals surface area contributed by atoms with Crippen molar-refractivity contribution in [3.63, 3.8) is 0 Å². The molecule has 3 rings (SSSR count). The molecule has 1 aliphatic heterocycles. The smallest absolute Gasteiger partial charge is 0.222 e. The van der Waals surface area contributed by atoms with Gasteiger partial charge in [0.25, 0.3) is 0 Å². The quantitative estimate of drug-likeness (QED) is 0.851. The maximum absolute atomic E-state index is 12.4. The summed E-state index contributed by atoms with van der Waals surface area (Å²) >= 11 is 0. The first-order valence-electron chi connectivity index (χ1n) is 8.87. The Balaban J connectivity index is 1.62. The summed E-state index contributed by atoms with van der Waals surface area (Å²) < 4.78 is 0. The highest BCUT2D eigenvalue weighted by atomic mass is 16.2. The van der Waals surface area contributed by atoms with Crippen molar-refractivity contribution in [3.8, 4) is 6.07 Å². The Morgan fingerprint density at radius 1 is 1.17 bits per heavy atom. The SMILES string of the molecule is Cc1nnc(N2CCN(C(=O)CC3CCCC3)CC2)c(C#N)c1C. The zero-order valence-corrected chi connectivity index (χ0v) is 14.6. The fraction of sp³-hybridized carbons (Fsp3) is 0.667. The molecular weight excluding hydrogens is 302 g/mol. The normalized spacial score (nSPS) is 18.7. The molecule has 1 amide bonds. The second-order valence-electron chi connectivity index (χ2n) is 6.94. The Bertz CT molecular complexity index is 652. The first-order valence-corrected chi connectivity index (χ1v) is 8.87. The average molecular weight is 327 g/mol. The second-order valence-corrected chi connectivity index (χ2v) is 6.94. The summed E-state index contributed by atoms with van der Waals surface area (Å²) in [6.45, 7) is 6.60. The van der Waals surface area contributed by atoms with Crippen LogP contribution in [0, 0.1) is 31.1 Å². The van der Waals surface area contributed by atoms with Crippen LogP contribution in [0.1, 0.15) is 48.9 Å². The minimum Gasteiger partial charge on any atom is -0.350 e. The molecule has 0 N–H and O–H groups in total. The zero-order valence-electron chi connectivity index (χ0n) is 14.6. The Kier molecular flexibility index (Phi) is 4.98. The van der Waals surface area contributed by atoms with Crippen LogP contribution in [0.15, 0.2) is 0 Å². The van der Waals surface area contributed by atoms with Gasteiger partial charge in [-0.2, -0.15) is 10.4 Å². The van der Waals surface area contributed by atoms with E-state index in [0.29, 0.717) is 49.9 Å². The van der Waals surface area contributed by atoms with Gasteiger partial charge in [-0.3, -0.25) is 4.79 Å². The van der Waals surface area contributed by atoms with Crippen molar-refractivity contribution in [3.05, 3.63) is 16.8 Å². The van der Waals surface area contributed by atoms with Crippen LogP contribution in [-0.2, 0) is 4.79 Å². The number of nitrogens with zero attached hydrogens (tertiary/aromatic N) is 5. The number of carbonyl (C=O) groups is 1. The van der Waals surface area contributed by atoms with Crippen LogP contribution in [0.4, 0.5) is 5.82 Å². The van der Waals surface area contributed by atoms with Gasteiger partial charge in [-0.25, -0.2) is 0 Å². The van der Waals surface area contributed by atoms with E-state index in [1.807, 2.05) is 18.7 Å². The van der Waals surface area contributed by atoms with Crippen molar-refractivity contribution in [1.29, 1.82) is 5.26 Å². The fourth-order valence-electron chi connectivity index (χ4n) is 3.71. The molecule has 0 unspecified atom stereocenters. The molecule has 0 spiro atoms. The number of hydrogen-bond acceptors (Lipinski definition) is 5. The van der Waals surface area contributed by atoms with E-state index in [0.717, 1.165) is 11.3 Å². The second kappa shape index (κ2) is 7.16. The van der Waals surface area contributed by atoms with Gasteiger partial charge in [-0.15, -0.1) is 5.10 Å². The van der Waals surface area contributed by atoms with Crippen molar-refractivity contribution in [2.75, 3.05) is 31.1 Å². The Morgan fingerprint density at radius 3 is 2.46 bits per heavy atom. The van der Waals surface area contributed by atoms with E-state index in [2.05, 4.69) is 21.2 Å².